The van der Waals surface area contributed by atoms with E-state index in [0.717, 1.165) is 27.8 Å². The second-order valence-electron chi connectivity index (χ2n) is 10.2. The Labute approximate surface area is 226 Å². The topological polar surface area (TPSA) is 123 Å². The third-order valence-corrected chi connectivity index (χ3v) is 6.12. The summed E-state index contributed by atoms with van der Waals surface area (Å²) in [6.07, 6.45) is -0.782. The Morgan fingerprint density at radius 2 is 1.36 bits per heavy atom. The molecule has 0 aromatic heterocycles. The number of carbonyl (C=O) groups is 4. The number of rotatable bonds is 6. The summed E-state index contributed by atoms with van der Waals surface area (Å²) in [5.41, 5.74) is 8.68. The van der Waals surface area contributed by atoms with Crippen molar-refractivity contribution in [2.45, 2.75) is 44.8 Å². The average molecular weight is 530 g/mol. The number of hydrogen-bond donors (Lipinski definition) is 3. The molecule has 1 atom stereocenters. The Balaban J connectivity index is 1.36. The molecule has 0 bridgehead atoms. The van der Waals surface area contributed by atoms with Crippen molar-refractivity contribution in [3.63, 3.8) is 0 Å². The summed E-state index contributed by atoms with van der Waals surface area (Å²) in [5.74, 6) is -3.05. The van der Waals surface area contributed by atoms with Crippen LogP contribution in [0.4, 0.5) is 4.79 Å². The number of hydrazine groups is 1. The zero-order valence-electron chi connectivity index (χ0n) is 22.0. The van der Waals surface area contributed by atoms with Gasteiger partial charge in [0.25, 0.3) is 5.91 Å². The van der Waals surface area contributed by atoms with Crippen molar-refractivity contribution in [2.24, 2.45) is 0 Å². The van der Waals surface area contributed by atoms with Crippen molar-refractivity contribution < 1.29 is 28.7 Å². The highest BCUT2D eigenvalue weighted by Gasteiger charge is 2.30. The summed E-state index contributed by atoms with van der Waals surface area (Å²) in [6, 6.07) is 23.7. The standard InChI is InChI=1S/C30H31N3O6/c1-30(2,3)39-28(36)27(35)31-25(17-19-11-5-4-6-12-19)26(34)32-33-29(37)38-18-24-22-15-9-7-13-20(22)21-14-8-10-16-23(21)24/h4-16,24-25H,17-18H2,1-3H3,(H,31,35)(H,32,34)(H,33,37). The number of esters is 1. The average Bonchev–Trinajstić information content (AvgIpc) is 3.23. The summed E-state index contributed by atoms with van der Waals surface area (Å²) in [4.78, 5) is 50.0. The van der Waals surface area contributed by atoms with E-state index in [1.54, 1.807) is 45.0 Å². The maximum Gasteiger partial charge on any atom is 0.426 e. The van der Waals surface area contributed by atoms with Gasteiger partial charge in [-0.05, 0) is 48.6 Å². The van der Waals surface area contributed by atoms with Crippen LogP contribution in [-0.4, -0.2) is 42.1 Å². The van der Waals surface area contributed by atoms with Crippen molar-refractivity contribution in [3.05, 3.63) is 95.6 Å². The van der Waals surface area contributed by atoms with Crippen LogP contribution in [0.25, 0.3) is 11.1 Å². The molecule has 3 N–H and O–H groups in total. The minimum absolute atomic E-state index is 0.0680. The van der Waals surface area contributed by atoms with Gasteiger partial charge >= 0.3 is 18.0 Å². The molecular formula is C30H31N3O6. The van der Waals surface area contributed by atoms with Crippen LogP contribution in [0.1, 0.15) is 43.4 Å². The molecule has 0 aliphatic heterocycles. The summed E-state index contributed by atoms with van der Waals surface area (Å²) < 4.78 is 10.5. The fourth-order valence-corrected chi connectivity index (χ4v) is 4.43. The van der Waals surface area contributed by atoms with Gasteiger partial charge < -0.3 is 14.8 Å². The van der Waals surface area contributed by atoms with Gasteiger partial charge in [-0.3, -0.25) is 15.0 Å². The van der Waals surface area contributed by atoms with Gasteiger partial charge in [0.05, 0.1) is 0 Å². The van der Waals surface area contributed by atoms with E-state index < -0.39 is 35.5 Å². The summed E-state index contributed by atoms with van der Waals surface area (Å²) in [5, 5.41) is 2.39. The smallest absolute Gasteiger partial charge is 0.426 e. The van der Waals surface area contributed by atoms with Crippen molar-refractivity contribution in [2.75, 3.05) is 6.61 Å². The second kappa shape index (κ2) is 11.8. The molecular weight excluding hydrogens is 498 g/mol. The number of ether oxygens (including phenoxy) is 2. The summed E-state index contributed by atoms with van der Waals surface area (Å²) in [7, 11) is 0. The number of carbonyl (C=O) groups excluding carboxylic acids is 4. The number of fused-ring (bicyclic) bond motifs is 3. The van der Waals surface area contributed by atoms with Crippen LogP contribution in [0, 0.1) is 0 Å². The maximum absolute atomic E-state index is 12.9. The lowest BCUT2D eigenvalue weighted by atomic mass is 9.98. The van der Waals surface area contributed by atoms with E-state index in [1.165, 1.54) is 0 Å². The molecule has 3 aromatic rings. The Morgan fingerprint density at radius 1 is 0.795 bits per heavy atom. The lowest BCUT2D eigenvalue weighted by Gasteiger charge is -2.21. The van der Waals surface area contributed by atoms with Gasteiger partial charge in [-0.2, -0.15) is 0 Å². The monoisotopic (exact) mass is 529 g/mol. The van der Waals surface area contributed by atoms with Gasteiger partial charge in [0.15, 0.2) is 0 Å². The molecule has 0 radical (unpaired) electrons. The molecule has 39 heavy (non-hydrogen) atoms. The highest BCUT2D eigenvalue weighted by Crippen LogP contribution is 2.44. The highest BCUT2D eigenvalue weighted by molar-refractivity contribution is 6.33. The predicted molar refractivity (Wildman–Crippen MR) is 144 cm³/mol. The van der Waals surface area contributed by atoms with E-state index in [4.69, 9.17) is 9.47 Å². The van der Waals surface area contributed by atoms with Gasteiger partial charge in [0, 0.05) is 12.3 Å². The summed E-state index contributed by atoms with van der Waals surface area (Å²) in [6.45, 7) is 4.96. The first-order valence-electron chi connectivity index (χ1n) is 12.6. The largest absolute Gasteiger partial charge is 0.453 e. The zero-order valence-corrected chi connectivity index (χ0v) is 22.0. The number of nitrogens with one attached hydrogen (secondary N) is 3. The van der Waals surface area contributed by atoms with E-state index in [1.807, 2.05) is 54.6 Å². The Kier molecular flexibility index (Phi) is 8.29. The van der Waals surface area contributed by atoms with Crippen molar-refractivity contribution in [3.8, 4) is 11.1 Å². The van der Waals surface area contributed by atoms with E-state index in [2.05, 4.69) is 16.2 Å². The van der Waals surface area contributed by atoms with Crippen LogP contribution in [0.5, 0.6) is 0 Å². The minimum Gasteiger partial charge on any atom is -0.453 e. The maximum atomic E-state index is 12.9. The molecule has 0 saturated heterocycles. The first-order chi connectivity index (χ1) is 18.6. The molecule has 0 heterocycles. The molecule has 0 saturated carbocycles. The van der Waals surface area contributed by atoms with E-state index in [9.17, 15) is 19.2 Å². The normalized spacial score (nSPS) is 12.9. The second-order valence-corrected chi connectivity index (χ2v) is 10.2. The molecule has 1 unspecified atom stereocenters. The van der Waals surface area contributed by atoms with Gasteiger partial charge in [0.2, 0.25) is 0 Å². The van der Waals surface area contributed by atoms with Crippen molar-refractivity contribution in [1.29, 1.82) is 0 Å². The number of hydrogen-bond acceptors (Lipinski definition) is 6. The van der Waals surface area contributed by atoms with Crippen molar-refractivity contribution in [1.82, 2.24) is 16.2 Å². The Bertz CT molecular complexity index is 1320. The van der Waals surface area contributed by atoms with Gasteiger partial charge in [-0.25, -0.2) is 15.0 Å². The lowest BCUT2D eigenvalue weighted by molar-refractivity contribution is -0.163. The third kappa shape index (κ3) is 7.01. The van der Waals surface area contributed by atoms with Crippen LogP contribution in [0.3, 0.4) is 0 Å². The molecule has 0 fully saturated rings. The molecule has 202 valence electrons. The third-order valence-electron chi connectivity index (χ3n) is 6.12. The Hall–Kier alpha value is -4.66. The predicted octanol–water partition coefficient (Wildman–Crippen LogP) is 3.63. The molecule has 1 aliphatic carbocycles. The number of amides is 3. The molecule has 3 aromatic carbocycles. The van der Waals surface area contributed by atoms with Gasteiger partial charge in [-0.1, -0.05) is 78.9 Å². The van der Waals surface area contributed by atoms with E-state index in [-0.39, 0.29) is 18.9 Å². The highest BCUT2D eigenvalue weighted by atomic mass is 16.6. The van der Waals surface area contributed by atoms with E-state index in [0.29, 0.717) is 0 Å². The molecule has 4 rings (SSSR count). The van der Waals surface area contributed by atoms with Crippen LogP contribution < -0.4 is 16.2 Å². The fraction of sp³-hybridized carbons (Fsp3) is 0.267. The van der Waals surface area contributed by atoms with Crippen molar-refractivity contribution >= 4 is 23.9 Å². The van der Waals surface area contributed by atoms with E-state index >= 15 is 0 Å². The minimum atomic E-state index is -1.17. The van der Waals surface area contributed by atoms with Crippen LogP contribution >= 0.6 is 0 Å². The Morgan fingerprint density at radius 3 is 1.95 bits per heavy atom. The van der Waals surface area contributed by atoms with Crippen LogP contribution in [0.2, 0.25) is 0 Å². The molecule has 0 spiro atoms. The fourth-order valence-electron chi connectivity index (χ4n) is 4.43. The molecule has 9 nitrogen and oxygen atoms in total. The van der Waals surface area contributed by atoms with Gasteiger partial charge in [-0.15, -0.1) is 0 Å². The first kappa shape index (κ1) is 27.4. The number of benzene rings is 3. The molecule has 1 aliphatic rings. The quantitative estimate of drug-likeness (QED) is 0.255. The summed E-state index contributed by atoms with van der Waals surface area (Å²) >= 11 is 0. The van der Waals surface area contributed by atoms with Crippen LogP contribution in [0.15, 0.2) is 78.9 Å². The van der Waals surface area contributed by atoms with Crippen LogP contribution in [-0.2, 0) is 30.3 Å². The molecule has 9 heteroatoms. The first-order valence-corrected chi connectivity index (χ1v) is 12.6. The lowest BCUT2D eigenvalue weighted by Crippen LogP contribution is -2.54. The zero-order chi connectivity index (χ0) is 28.0. The van der Waals surface area contributed by atoms with Gasteiger partial charge in [0.1, 0.15) is 18.2 Å². The SMILES string of the molecule is CC(C)(C)OC(=O)C(=O)NC(Cc1ccccc1)C(=O)NNC(=O)OCC1c2ccccc2-c2ccccc21. The molecule has 3 amide bonds.